The molecule has 132 valence electrons. The Morgan fingerprint density at radius 1 is 1.04 bits per heavy atom. The maximum absolute atomic E-state index is 12.0. The summed E-state index contributed by atoms with van der Waals surface area (Å²) in [4.78, 5) is 23.8. The SMILES string of the molecule is COc1ccc(C(=O)OCC(=O)NCc2cccc(Br)c2)cc1OC. The van der Waals surface area contributed by atoms with Crippen molar-refractivity contribution >= 4 is 27.8 Å². The highest BCUT2D eigenvalue weighted by atomic mass is 79.9. The number of hydrogen-bond acceptors (Lipinski definition) is 5. The summed E-state index contributed by atoms with van der Waals surface area (Å²) < 4.78 is 16.2. The molecule has 0 heterocycles. The molecule has 0 radical (unpaired) electrons. The van der Waals surface area contributed by atoms with Crippen molar-refractivity contribution in [2.75, 3.05) is 20.8 Å². The predicted octanol–water partition coefficient (Wildman–Crippen LogP) is 2.94. The molecule has 25 heavy (non-hydrogen) atoms. The van der Waals surface area contributed by atoms with Crippen LogP contribution in [0.15, 0.2) is 46.9 Å². The minimum absolute atomic E-state index is 0.275. The van der Waals surface area contributed by atoms with Crippen LogP contribution in [0.3, 0.4) is 0 Å². The van der Waals surface area contributed by atoms with Gasteiger partial charge in [-0.2, -0.15) is 0 Å². The first-order chi connectivity index (χ1) is 12.0. The number of amides is 1. The van der Waals surface area contributed by atoms with Crippen LogP contribution in [0, 0.1) is 0 Å². The zero-order valence-electron chi connectivity index (χ0n) is 13.9. The van der Waals surface area contributed by atoms with E-state index in [1.165, 1.54) is 20.3 Å². The van der Waals surface area contributed by atoms with E-state index in [-0.39, 0.29) is 18.1 Å². The van der Waals surface area contributed by atoms with Gasteiger partial charge in [-0.05, 0) is 35.9 Å². The summed E-state index contributed by atoms with van der Waals surface area (Å²) >= 11 is 3.37. The zero-order chi connectivity index (χ0) is 18.2. The number of rotatable bonds is 7. The molecule has 0 unspecified atom stereocenters. The normalized spacial score (nSPS) is 10.0. The number of carbonyl (C=O) groups excluding carboxylic acids is 2. The molecule has 2 rings (SSSR count). The molecule has 1 amide bonds. The minimum Gasteiger partial charge on any atom is -0.493 e. The van der Waals surface area contributed by atoms with Gasteiger partial charge < -0.3 is 19.5 Å². The topological polar surface area (TPSA) is 73.9 Å². The van der Waals surface area contributed by atoms with Crippen LogP contribution in [0.5, 0.6) is 11.5 Å². The smallest absolute Gasteiger partial charge is 0.338 e. The lowest BCUT2D eigenvalue weighted by atomic mass is 10.2. The van der Waals surface area contributed by atoms with E-state index in [4.69, 9.17) is 14.2 Å². The quantitative estimate of drug-likeness (QED) is 0.714. The van der Waals surface area contributed by atoms with Crippen molar-refractivity contribution < 1.29 is 23.8 Å². The lowest BCUT2D eigenvalue weighted by Gasteiger charge is -2.10. The average molecular weight is 408 g/mol. The van der Waals surface area contributed by atoms with E-state index in [0.717, 1.165) is 10.0 Å². The fourth-order valence-electron chi connectivity index (χ4n) is 2.08. The Bertz CT molecular complexity index is 763. The van der Waals surface area contributed by atoms with Crippen LogP contribution >= 0.6 is 15.9 Å². The van der Waals surface area contributed by atoms with Gasteiger partial charge in [-0.15, -0.1) is 0 Å². The largest absolute Gasteiger partial charge is 0.493 e. The second kappa shape index (κ2) is 9.08. The van der Waals surface area contributed by atoms with Crippen LogP contribution in [-0.4, -0.2) is 32.7 Å². The first kappa shape index (κ1) is 18.8. The molecule has 0 saturated carbocycles. The van der Waals surface area contributed by atoms with E-state index in [2.05, 4.69) is 21.2 Å². The maximum Gasteiger partial charge on any atom is 0.338 e. The van der Waals surface area contributed by atoms with Gasteiger partial charge in [0.15, 0.2) is 18.1 Å². The molecule has 1 N–H and O–H groups in total. The van der Waals surface area contributed by atoms with E-state index >= 15 is 0 Å². The zero-order valence-corrected chi connectivity index (χ0v) is 15.5. The molecule has 0 fully saturated rings. The number of carbonyl (C=O) groups is 2. The fraction of sp³-hybridized carbons (Fsp3) is 0.222. The van der Waals surface area contributed by atoms with Crippen molar-refractivity contribution in [3.63, 3.8) is 0 Å². The van der Waals surface area contributed by atoms with Crippen molar-refractivity contribution in [1.82, 2.24) is 5.32 Å². The van der Waals surface area contributed by atoms with E-state index in [0.29, 0.717) is 18.0 Å². The van der Waals surface area contributed by atoms with Crippen molar-refractivity contribution in [3.8, 4) is 11.5 Å². The molecule has 0 aliphatic carbocycles. The molecule has 0 aromatic heterocycles. The molecule has 0 bridgehead atoms. The third-order valence-electron chi connectivity index (χ3n) is 3.33. The van der Waals surface area contributed by atoms with Gasteiger partial charge in [0.1, 0.15) is 0 Å². The molecule has 2 aromatic carbocycles. The van der Waals surface area contributed by atoms with E-state index < -0.39 is 5.97 Å². The van der Waals surface area contributed by atoms with Gasteiger partial charge in [0, 0.05) is 11.0 Å². The predicted molar refractivity (Wildman–Crippen MR) is 95.8 cm³/mol. The van der Waals surface area contributed by atoms with Crippen LogP contribution in [0.25, 0.3) is 0 Å². The molecule has 6 nitrogen and oxygen atoms in total. The molecule has 0 saturated heterocycles. The number of hydrogen-bond donors (Lipinski definition) is 1. The van der Waals surface area contributed by atoms with Crippen LogP contribution in [0.2, 0.25) is 0 Å². The minimum atomic E-state index is -0.612. The summed E-state index contributed by atoms with van der Waals surface area (Å²) in [5.41, 5.74) is 1.21. The highest BCUT2D eigenvalue weighted by molar-refractivity contribution is 9.10. The lowest BCUT2D eigenvalue weighted by Crippen LogP contribution is -2.28. The summed E-state index contributed by atoms with van der Waals surface area (Å²) in [6, 6.07) is 12.2. The second-order valence-electron chi connectivity index (χ2n) is 5.05. The van der Waals surface area contributed by atoms with Crippen LogP contribution in [0.1, 0.15) is 15.9 Å². The number of benzene rings is 2. The van der Waals surface area contributed by atoms with Gasteiger partial charge in [-0.25, -0.2) is 4.79 Å². The number of ether oxygens (including phenoxy) is 3. The molecule has 0 spiro atoms. The summed E-state index contributed by atoms with van der Waals surface area (Å²) in [5, 5.41) is 2.69. The summed E-state index contributed by atoms with van der Waals surface area (Å²) in [7, 11) is 2.98. The highest BCUT2D eigenvalue weighted by Crippen LogP contribution is 2.27. The molecule has 0 atom stereocenters. The second-order valence-corrected chi connectivity index (χ2v) is 5.97. The van der Waals surface area contributed by atoms with E-state index in [1.54, 1.807) is 12.1 Å². The first-order valence-corrected chi connectivity index (χ1v) is 8.23. The average Bonchev–Trinajstić information content (AvgIpc) is 2.63. The van der Waals surface area contributed by atoms with Gasteiger partial charge in [-0.1, -0.05) is 28.1 Å². The number of halogens is 1. The van der Waals surface area contributed by atoms with Gasteiger partial charge in [0.25, 0.3) is 5.91 Å². The van der Waals surface area contributed by atoms with Crippen molar-refractivity contribution in [3.05, 3.63) is 58.1 Å². The van der Waals surface area contributed by atoms with Gasteiger partial charge >= 0.3 is 5.97 Å². The first-order valence-electron chi connectivity index (χ1n) is 7.43. The van der Waals surface area contributed by atoms with Crippen LogP contribution < -0.4 is 14.8 Å². The Morgan fingerprint density at radius 3 is 2.48 bits per heavy atom. The van der Waals surface area contributed by atoms with Gasteiger partial charge in [0.05, 0.1) is 19.8 Å². The van der Waals surface area contributed by atoms with Gasteiger partial charge in [-0.3, -0.25) is 4.79 Å². The maximum atomic E-state index is 12.0. The van der Waals surface area contributed by atoms with Crippen molar-refractivity contribution in [1.29, 1.82) is 0 Å². The fourth-order valence-corrected chi connectivity index (χ4v) is 2.52. The molecular formula is C18H18BrNO5. The number of methoxy groups -OCH3 is 2. The number of nitrogens with one attached hydrogen (secondary N) is 1. The summed E-state index contributed by atoms with van der Waals surface area (Å²) in [6.07, 6.45) is 0. The lowest BCUT2D eigenvalue weighted by molar-refractivity contribution is -0.124. The van der Waals surface area contributed by atoms with Crippen molar-refractivity contribution in [2.45, 2.75) is 6.54 Å². The molecule has 7 heteroatoms. The molecule has 0 aliphatic heterocycles. The Morgan fingerprint density at radius 2 is 1.80 bits per heavy atom. The standard InChI is InChI=1S/C18H18BrNO5/c1-23-15-7-6-13(9-16(15)24-2)18(22)25-11-17(21)20-10-12-4-3-5-14(19)8-12/h3-9H,10-11H2,1-2H3,(H,20,21). The molecule has 2 aromatic rings. The van der Waals surface area contributed by atoms with E-state index in [1.807, 2.05) is 24.3 Å². The third kappa shape index (κ3) is 5.49. The summed E-state index contributed by atoms with van der Waals surface area (Å²) in [6.45, 7) is -0.00658. The number of esters is 1. The van der Waals surface area contributed by atoms with Crippen LogP contribution in [-0.2, 0) is 16.1 Å². The highest BCUT2D eigenvalue weighted by Gasteiger charge is 2.13. The van der Waals surface area contributed by atoms with Gasteiger partial charge in [0.2, 0.25) is 0 Å². The third-order valence-corrected chi connectivity index (χ3v) is 3.83. The Hall–Kier alpha value is -2.54. The Kier molecular flexibility index (Phi) is 6.82. The Labute approximate surface area is 154 Å². The Balaban J connectivity index is 1.85. The molecular weight excluding hydrogens is 390 g/mol. The monoisotopic (exact) mass is 407 g/mol. The van der Waals surface area contributed by atoms with Crippen LogP contribution in [0.4, 0.5) is 0 Å². The van der Waals surface area contributed by atoms with E-state index in [9.17, 15) is 9.59 Å². The van der Waals surface area contributed by atoms with Crippen molar-refractivity contribution in [2.24, 2.45) is 0 Å². The summed E-state index contributed by atoms with van der Waals surface area (Å²) in [5.74, 6) is -0.0748. The molecule has 0 aliphatic rings.